The highest BCUT2D eigenvalue weighted by molar-refractivity contribution is 5.92. The molecule has 0 saturated carbocycles. The van der Waals surface area contributed by atoms with Crippen molar-refractivity contribution in [2.75, 3.05) is 0 Å². The molecule has 0 unspecified atom stereocenters. The lowest BCUT2D eigenvalue weighted by molar-refractivity contribution is 0.0694. The van der Waals surface area contributed by atoms with Gasteiger partial charge in [-0.25, -0.2) is 4.79 Å². The lowest BCUT2D eigenvalue weighted by atomic mass is 10.1. The van der Waals surface area contributed by atoms with E-state index in [0.717, 1.165) is 16.7 Å². The Kier molecular flexibility index (Phi) is 2.93. The van der Waals surface area contributed by atoms with Gasteiger partial charge >= 0.3 is 5.97 Å². The summed E-state index contributed by atoms with van der Waals surface area (Å²) in [6, 6.07) is 6.92. The summed E-state index contributed by atoms with van der Waals surface area (Å²) in [5, 5.41) is 20.6. The quantitative estimate of drug-likeness (QED) is 0.720. The van der Waals surface area contributed by atoms with Crippen molar-refractivity contribution in [1.29, 1.82) is 10.9 Å². The molecule has 3 N–H and O–H groups in total. The number of carbonyl (C=O) groups is 1. The Morgan fingerprint density at radius 1 is 1.44 bits per heavy atom. The molecule has 6 heteroatoms. The van der Waals surface area contributed by atoms with Crippen molar-refractivity contribution < 1.29 is 9.90 Å². The van der Waals surface area contributed by atoms with Crippen molar-refractivity contribution in [3.63, 3.8) is 0 Å². The van der Waals surface area contributed by atoms with Gasteiger partial charge in [0.05, 0.1) is 5.52 Å². The summed E-state index contributed by atoms with van der Waals surface area (Å²) in [6.45, 7) is 2.00. The van der Waals surface area contributed by atoms with Crippen molar-refractivity contribution in [3.8, 4) is 0 Å². The Hall–Kier alpha value is -2.50. The van der Waals surface area contributed by atoms with E-state index in [1.54, 1.807) is 6.07 Å². The minimum Gasteiger partial charge on any atom is -0.478 e. The number of aromatic nitrogens is 1. The number of aromatic carboxylic acids is 1. The number of hydrogen-bond donors (Lipinski definition) is 3. The van der Waals surface area contributed by atoms with E-state index in [4.69, 9.17) is 16.0 Å². The number of pyridine rings is 1. The van der Waals surface area contributed by atoms with E-state index in [9.17, 15) is 4.79 Å². The molecule has 1 aromatic carbocycles. The summed E-state index contributed by atoms with van der Waals surface area (Å²) in [4.78, 5) is 11.0. The van der Waals surface area contributed by atoms with Crippen LogP contribution in [0.4, 0.5) is 0 Å². The zero-order valence-corrected chi connectivity index (χ0v) is 9.77. The SMILES string of the molecule is CCc1ccc2cc(C(=O)O)c(=N)n(N=N)c2c1. The van der Waals surface area contributed by atoms with Gasteiger partial charge in [0.1, 0.15) is 5.56 Å². The summed E-state index contributed by atoms with van der Waals surface area (Å²) in [7, 11) is 0. The lowest BCUT2D eigenvalue weighted by Crippen LogP contribution is -2.24. The highest BCUT2D eigenvalue weighted by Gasteiger charge is 2.12. The number of benzene rings is 1. The summed E-state index contributed by atoms with van der Waals surface area (Å²) in [6.07, 6.45) is 0.821. The van der Waals surface area contributed by atoms with Crippen molar-refractivity contribution in [1.82, 2.24) is 4.68 Å². The fourth-order valence-electron chi connectivity index (χ4n) is 1.84. The molecule has 1 heterocycles. The van der Waals surface area contributed by atoms with Crippen LogP contribution in [-0.4, -0.2) is 15.8 Å². The van der Waals surface area contributed by atoms with E-state index in [1.165, 1.54) is 6.07 Å². The molecule has 6 nitrogen and oxygen atoms in total. The summed E-state index contributed by atoms with van der Waals surface area (Å²) < 4.78 is 1.03. The molecule has 0 atom stereocenters. The second-order valence-corrected chi connectivity index (χ2v) is 3.87. The van der Waals surface area contributed by atoms with Crippen molar-refractivity contribution in [2.24, 2.45) is 5.22 Å². The summed E-state index contributed by atoms with van der Waals surface area (Å²) >= 11 is 0. The molecule has 0 saturated heterocycles. The van der Waals surface area contributed by atoms with E-state index in [2.05, 4.69) is 5.22 Å². The van der Waals surface area contributed by atoms with Crippen molar-refractivity contribution in [3.05, 3.63) is 40.9 Å². The zero-order valence-electron chi connectivity index (χ0n) is 9.77. The van der Waals surface area contributed by atoms with E-state index >= 15 is 0 Å². The minimum absolute atomic E-state index is 0.164. The number of carboxylic acids is 1. The molecule has 0 radical (unpaired) electrons. The molecule has 2 aromatic rings. The molecular weight excluding hydrogens is 232 g/mol. The molecular formula is C12H12N4O2. The third kappa shape index (κ3) is 1.77. The highest BCUT2D eigenvalue weighted by atomic mass is 16.4. The van der Waals surface area contributed by atoms with Gasteiger partial charge in [-0.1, -0.05) is 24.3 Å². The molecule has 0 aliphatic rings. The number of rotatable bonds is 3. The van der Waals surface area contributed by atoms with Crippen LogP contribution in [0.3, 0.4) is 0 Å². The smallest absolute Gasteiger partial charge is 0.339 e. The molecule has 0 fully saturated rings. The van der Waals surface area contributed by atoms with E-state index in [0.29, 0.717) is 10.9 Å². The third-order valence-electron chi connectivity index (χ3n) is 2.83. The number of nitrogens with zero attached hydrogens (tertiary/aromatic N) is 2. The van der Waals surface area contributed by atoms with Gasteiger partial charge in [-0.15, -0.1) is 0 Å². The van der Waals surface area contributed by atoms with Gasteiger partial charge in [0.2, 0.25) is 0 Å². The first-order valence-corrected chi connectivity index (χ1v) is 5.42. The van der Waals surface area contributed by atoms with Gasteiger partial charge in [-0.05, 0) is 24.1 Å². The molecule has 0 aliphatic carbocycles. The second-order valence-electron chi connectivity index (χ2n) is 3.87. The van der Waals surface area contributed by atoms with Crippen LogP contribution in [-0.2, 0) is 6.42 Å². The maximum Gasteiger partial charge on any atom is 0.339 e. The molecule has 0 spiro atoms. The Balaban J connectivity index is 2.92. The van der Waals surface area contributed by atoms with Crippen LogP contribution in [0, 0.1) is 10.9 Å². The fraction of sp³-hybridized carbons (Fsp3) is 0.167. The molecule has 1 aromatic heterocycles. The molecule has 18 heavy (non-hydrogen) atoms. The first kappa shape index (κ1) is 12.0. The lowest BCUT2D eigenvalue weighted by Gasteiger charge is -2.08. The van der Waals surface area contributed by atoms with Crippen LogP contribution >= 0.6 is 0 Å². The number of fused-ring (bicyclic) bond motifs is 1. The number of carboxylic acid groups (broad SMARTS) is 1. The maximum atomic E-state index is 11.0. The molecule has 92 valence electrons. The Bertz CT molecular complexity index is 703. The van der Waals surface area contributed by atoms with E-state index < -0.39 is 5.97 Å². The second kappa shape index (κ2) is 4.40. The Labute approximate surface area is 102 Å². The van der Waals surface area contributed by atoms with Crippen LogP contribution in [0.2, 0.25) is 0 Å². The third-order valence-corrected chi connectivity index (χ3v) is 2.83. The number of nitrogens with one attached hydrogen (secondary N) is 2. The van der Waals surface area contributed by atoms with Gasteiger partial charge < -0.3 is 5.11 Å². The van der Waals surface area contributed by atoms with Gasteiger partial charge in [-0.2, -0.15) is 10.2 Å². The van der Waals surface area contributed by atoms with Gasteiger partial charge in [0, 0.05) is 5.39 Å². The predicted molar refractivity (Wildman–Crippen MR) is 64.7 cm³/mol. The molecule has 0 aliphatic heterocycles. The molecule has 0 bridgehead atoms. The number of aryl methyl sites for hydroxylation is 1. The van der Waals surface area contributed by atoms with Crippen LogP contribution in [0.25, 0.3) is 10.9 Å². The normalized spacial score (nSPS) is 10.5. The average Bonchev–Trinajstić information content (AvgIpc) is 2.37. The van der Waals surface area contributed by atoms with Gasteiger partial charge in [0.25, 0.3) is 0 Å². The van der Waals surface area contributed by atoms with E-state index in [-0.39, 0.29) is 11.1 Å². The first-order chi connectivity index (χ1) is 8.58. The molecule has 2 rings (SSSR count). The monoisotopic (exact) mass is 244 g/mol. The highest BCUT2D eigenvalue weighted by Crippen LogP contribution is 2.16. The van der Waals surface area contributed by atoms with Crippen molar-refractivity contribution >= 4 is 16.9 Å². The standard InChI is InChI=1S/C12H12N4O2/c1-2-7-3-4-8-6-9(12(17)18)11(13)16(15-14)10(8)5-7/h3-6,13-14H,2H2,1H3,(H,17,18). The maximum absolute atomic E-state index is 11.0. The van der Waals surface area contributed by atoms with Crippen LogP contribution < -0.4 is 5.49 Å². The van der Waals surface area contributed by atoms with Gasteiger partial charge in [0.15, 0.2) is 5.49 Å². The predicted octanol–water partition coefficient (Wildman–Crippen LogP) is 2.18. The fourth-order valence-corrected chi connectivity index (χ4v) is 1.84. The topological polar surface area (TPSA) is 102 Å². The summed E-state index contributed by atoms with van der Waals surface area (Å²) in [5.74, 6) is -1.20. The zero-order chi connectivity index (χ0) is 13.3. The Morgan fingerprint density at radius 3 is 2.72 bits per heavy atom. The Morgan fingerprint density at radius 2 is 2.17 bits per heavy atom. The average molecular weight is 244 g/mol. The van der Waals surface area contributed by atoms with E-state index in [1.807, 2.05) is 19.1 Å². The van der Waals surface area contributed by atoms with Crippen LogP contribution in [0.15, 0.2) is 29.5 Å². The minimum atomic E-state index is -1.20. The van der Waals surface area contributed by atoms with Gasteiger partial charge in [-0.3, -0.25) is 5.41 Å². The van der Waals surface area contributed by atoms with Crippen molar-refractivity contribution in [2.45, 2.75) is 13.3 Å². The summed E-state index contributed by atoms with van der Waals surface area (Å²) in [5.41, 5.74) is 8.26. The largest absolute Gasteiger partial charge is 0.478 e. The molecule has 0 amide bonds. The van der Waals surface area contributed by atoms with Crippen LogP contribution in [0.5, 0.6) is 0 Å². The van der Waals surface area contributed by atoms with Crippen LogP contribution in [0.1, 0.15) is 22.8 Å². The first-order valence-electron chi connectivity index (χ1n) is 5.42. The number of hydrogen-bond acceptors (Lipinski definition) is 4.